The molecule has 1 amide bonds. The van der Waals surface area contributed by atoms with Gasteiger partial charge in [-0.05, 0) is 16.8 Å². The number of thiazole rings is 1. The molecule has 5 nitrogen and oxygen atoms in total. The fourth-order valence-corrected chi connectivity index (χ4v) is 3.77. The number of benzene rings is 3. The standard InChI is InChI=1S/C20H16N2O3S/c1-24-16-10-15-18(11-17(16)25-2)26-20(21-15)22-19(23)14-9-5-7-12-6-3-4-8-13(12)14/h3-11H,1-2H3,(H,21,22,23). The molecule has 1 aromatic heterocycles. The molecule has 1 heterocycles. The predicted molar refractivity (Wildman–Crippen MR) is 105 cm³/mol. The summed E-state index contributed by atoms with van der Waals surface area (Å²) in [5.41, 5.74) is 1.37. The molecule has 0 bridgehead atoms. The van der Waals surface area contributed by atoms with Crippen molar-refractivity contribution in [1.29, 1.82) is 0 Å². The van der Waals surface area contributed by atoms with Gasteiger partial charge in [0.05, 0.1) is 24.4 Å². The van der Waals surface area contributed by atoms with E-state index in [4.69, 9.17) is 9.47 Å². The summed E-state index contributed by atoms with van der Waals surface area (Å²) >= 11 is 1.40. The van der Waals surface area contributed by atoms with E-state index >= 15 is 0 Å². The van der Waals surface area contributed by atoms with Gasteiger partial charge < -0.3 is 9.47 Å². The summed E-state index contributed by atoms with van der Waals surface area (Å²) in [6, 6.07) is 17.2. The number of amides is 1. The van der Waals surface area contributed by atoms with Gasteiger partial charge in [0.25, 0.3) is 5.91 Å². The molecule has 0 aliphatic rings. The Kier molecular flexibility index (Phi) is 4.18. The van der Waals surface area contributed by atoms with Gasteiger partial charge in [-0.2, -0.15) is 0 Å². The number of nitrogens with zero attached hydrogens (tertiary/aromatic N) is 1. The average molecular weight is 364 g/mol. The zero-order chi connectivity index (χ0) is 18.1. The number of hydrogen-bond acceptors (Lipinski definition) is 5. The minimum atomic E-state index is -0.181. The highest BCUT2D eigenvalue weighted by Gasteiger charge is 2.14. The Morgan fingerprint density at radius 3 is 2.54 bits per heavy atom. The monoisotopic (exact) mass is 364 g/mol. The molecule has 6 heteroatoms. The van der Waals surface area contributed by atoms with Crippen LogP contribution in [0.25, 0.3) is 21.0 Å². The van der Waals surface area contributed by atoms with E-state index in [0.717, 1.165) is 21.0 Å². The van der Waals surface area contributed by atoms with E-state index in [-0.39, 0.29) is 5.91 Å². The number of anilines is 1. The van der Waals surface area contributed by atoms with Crippen molar-refractivity contribution in [3.63, 3.8) is 0 Å². The molecular weight excluding hydrogens is 348 g/mol. The molecular formula is C20H16N2O3S. The zero-order valence-corrected chi connectivity index (χ0v) is 15.1. The number of hydrogen-bond donors (Lipinski definition) is 1. The van der Waals surface area contributed by atoms with E-state index in [1.807, 2.05) is 48.5 Å². The van der Waals surface area contributed by atoms with Gasteiger partial charge in [0.2, 0.25) is 0 Å². The van der Waals surface area contributed by atoms with Crippen molar-refractivity contribution in [2.75, 3.05) is 19.5 Å². The second-order valence-corrected chi connectivity index (χ2v) is 6.71. The van der Waals surface area contributed by atoms with Crippen LogP contribution >= 0.6 is 11.3 Å². The van der Waals surface area contributed by atoms with Crippen LogP contribution in [-0.4, -0.2) is 25.1 Å². The van der Waals surface area contributed by atoms with Crippen LogP contribution in [0.2, 0.25) is 0 Å². The first-order chi connectivity index (χ1) is 12.7. The van der Waals surface area contributed by atoms with E-state index in [9.17, 15) is 4.79 Å². The number of ether oxygens (including phenoxy) is 2. The van der Waals surface area contributed by atoms with E-state index in [2.05, 4.69) is 10.3 Å². The number of aromatic nitrogens is 1. The number of carbonyl (C=O) groups excluding carboxylic acids is 1. The molecule has 0 spiro atoms. The highest BCUT2D eigenvalue weighted by Crippen LogP contribution is 2.36. The van der Waals surface area contributed by atoms with Crippen molar-refractivity contribution in [2.45, 2.75) is 0 Å². The van der Waals surface area contributed by atoms with Crippen molar-refractivity contribution >= 4 is 43.4 Å². The van der Waals surface area contributed by atoms with Gasteiger partial charge in [0, 0.05) is 17.7 Å². The number of methoxy groups -OCH3 is 2. The molecule has 4 rings (SSSR count). The number of rotatable bonds is 4. The van der Waals surface area contributed by atoms with Crippen molar-refractivity contribution < 1.29 is 14.3 Å². The molecule has 0 aliphatic heterocycles. The molecule has 0 saturated carbocycles. The normalized spacial score (nSPS) is 10.8. The van der Waals surface area contributed by atoms with Crippen molar-refractivity contribution in [3.8, 4) is 11.5 Å². The van der Waals surface area contributed by atoms with Gasteiger partial charge in [-0.25, -0.2) is 4.98 Å². The Bertz CT molecular complexity index is 1070. The lowest BCUT2D eigenvalue weighted by molar-refractivity contribution is 0.102. The summed E-state index contributed by atoms with van der Waals surface area (Å²) in [5.74, 6) is 1.06. The van der Waals surface area contributed by atoms with Gasteiger partial charge in [-0.1, -0.05) is 47.7 Å². The third kappa shape index (κ3) is 2.84. The Hall–Kier alpha value is -3.12. The van der Waals surface area contributed by atoms with Crippen LogP contribution in [0.15, 0.2) is 54.6 Å². The van der Waals surface area contributed by atoms with E-state index in [0.29, 0.717) is 22.2 Å². The number of nitrogens with one attached hydrogen (secondary N) is 1. The Balaban J connectivity index is 1.69. The minimum absolute atomic E-state index is 0.181. The molecule has 26 heavy (non-hydrogen) atoms. The molecule has 0 radical (unpaired) electrons. The molecule has 0 aliphatic carbocycles. The second-order valence-electron chi connectivity index (χ2n) is 5.67. The summed E-state index contributed by atoms with van der Waals surface area (Å²) in [6.07, 6.45) is 0. The quantitative estimate of drug-likeness (QED) is 0.569. The SMILES string of the molecule is COc1cc2nc(NC(=O)c3cccc4ccccc34)sc2cc1OC. The van der Waals surface area contributed by atoms with E-state index in [1.165, 1.54) is 11.3 Å². The highest BCUT2D eigenvalue weighted by molar-refractivity contribution is 7.22. The largest absolute Gasteiger partial charge is 0.493 e. The first-order valence-corrected chi connectivity index (χ1v) is 8.83. The van der Waals surface area contributed by atoms with Gasteiger partial charge in [-0.15, -0.1) is 0 Å². The average Bonchev–Trinajstić information content (AvgIpc) is 3.07. The Morgan fingerprint density at radius 1 is 1.00 bits per heavy atom. The second kappa shape index (κ2) is 6.65. The smallest absolute Gasteiger partial charge is 0.258 e. The maximum Gasteiger partial charge on any atom is 0.258 e. The third-order valence-corrected chi connectivity index (χ3v) is 5.08. The summed E-state index contributed by atoms with van der Waals surface area (Å²) in [5, 5.41) is 5.38. The van der Waals surface area contributed by atoms with Gasteiger partial charge in [0.15, 0.2) is 16.6 Å². The summed E-state index contributed by atoms with van der Waals surface area (Å²) in [4.78, 5) is 17.3. The first-order valence-electron chi connectivity index (χ1n) is 8.01. The lowest BCUT2D eigenvalue weighted by Crippen LogP contribution is -2.12. The molecule has 0 atom stereocenters. The lowest BCUT2D eigenvalue weighted by atomic mass is 10.0. The molecule has 3 aromatic carbocycles. The van der Waals surface area contributed by atoms with Gasteiger partial charge in [0.1, 0.15) is 0 Å². The van der Waals surface area contributed by atoms with Crippen LogP contribution in [-0.2, 0) is 0 Å². The topological polar surface area (TPSA) is 60.5 Å². The van der Waals surface area contributed by atoms with Crippen molar-refractivity contribution in [2.24, 2.45) is 0 Å². The van der Waals surface area contributed by atoms with Gasteiger partial charge >= 0.3 is 0 Å². The van der Waals surface area contributed by atoms with Crippen LogP contribution in [0.4, 0.5) is 5.13 Å². The Labute approximate surface area is 154 Å². The highest BCUT2D eigenvalue weighted by atomic mass is 32.1. The molecule has 0 fully saturated rings. The summed E-state index contributed by atoms with van der Waals surface area (Å²) in [7, 11) is 3.17. The zero-order valence-electron chi connectivity index (χ0n) is 14.3. The van der Waals surface area contributed by atoms with E-state index < -0.39 is 0 Å². The molecule has 130 valence electrons. The third-order valence-electron chi connectivity index (χ3n) is 4.15. The van der Waals surface area contributed by atoms with Crippen molar-refractivity contribution in [1.82, 2.24) is 4.98 Å². The molecule has 1 N–H and O–H groups in total. The molecule has 4 aromatic rings. The minimum Gasteiger partial charge on any atom is -0.493 e. The van der Waals surface area contributed by atoms with Crippen LogP contribution < -0.4 is 14.8 Å². The van der Waals surface area contributed by atoms with Crippen LogP contribution in [0.1, 0.15) is 10.4 Å². The number of fused-ring (bicyclic) bond motifs is 2. The van der Waals surface area contributed by atoms with Crippen LogP contribution in [0.3, 0.4) is 0 Å². The lowest BCUT2D eigenvalue weighted by Gasteiger charge is -2.06. The van der Waals surface area contributed by atoms with E-state index in [1.54, 1.807) is 20.3 Å². The first kappa shape index (κ1) is 16.4. The number of carbonyl (C=O) groups is 1. The molecule has 0 unspecified atom stereocenters. The maximum absolute atomic E-state index is 12.8. The molecule has 0 saturated heterocycles. The predicted octanol–water partition coefficient (Wildman–Crippen LogP) is 4.72. The fraction of sp³-hybridized carbons (Fsp3) is 0.100. The summed E-state index contributed by atoms with van der Waals surface area (Å²) in [6.45, 7) is 0. The van der Waals surface area contributed by atoms with Gasteiger partial charge in [-0.3, -0.25) is 10.1 Å². The summed E-state index contributed by atoms with van der Waals surface area (Å²) < 4.78 is 11.5. The van der Waals surface area contributed by atoms with Crippen LogP contribution in [0.5, 0.6) is 11.5 Å². The fourth-order valence-electron chi connectivity index (χ4n) is 2.90. The van der Waals surface area contributed by atoms with Crippen LogP contribution in [0, 0.1) is 0 Å². The maximum atomic E-state index is 12.8. The van der Waals surface area contributed by atoms with Crippen molar-refractivity contribution in [3.05, 3.63) is 60.2 Å². The Morgan fingerprint density at radius 2 is 1.73 bits per heavy atom.